The Labute approximate surface area is 120 Å². The van der Waals surface area contributed by atoms with Crippen LogP contribution >= 0.6 is 0 Å². The normalized spacial score (nSPS) is 14.3. The van der Waals surface area contributed by atoms with Crippen LogP contribution in [0, 0.1) is 5.92 Å². The Balaban J connectivity index is 4.02. The van der Waals surface area contributed by atoms with Crippen molar-refractivity contribution in [2.24, 2.45) is 5.92 Å². The van der Waals surface area contributed by atoms with Gasteiger partial charge in [-0.1, -0.05) is 20.8 Å². The maximum absolute atomic E-state index is 12.1. The summed E-state index contributed by atoms with van der Waals surface area (Å²) in [5, 5.41) is 3.29. The lowest BCUT2D eigenvalue weighted by atomic mass is 10.1. The smallest absolute Gasteiger partial charge is 0.214 e. The molecule has 0 fully saturated rings. The molecular formula is C14H32N2O2S. The Hall–Kier alpha value is -0.130. The van der Waals surface area contributed by atoms with Crippen molar-refractivity contribution in [1.82, 2.24) is 9.62 Å². The molecule has 0 spiro atoms. The zero-order valence-corrected chi connectivity index (χ0v) is 14.1. The third kappa shape index (κ3) is 8.60. The van der Waals surface area contributed by atoms with E-state index in [2.05, 4.69) is 26.1 Å². The SMILES string of the molecule is CCCNCCCCS(=O)(=O)N(C)C(C)CC(C)C. The van der Waals surface area contributed by atoms with Gasteiger partial charge in [0.05, 0.1) is 5.75 Å². The second kappa shape index (κ2) is 9.72. The zero-order valence-electron chi connectivity index (χ0n) is 13.3. The topological polar surface area (TPSA) is 49.4 Å². The molecule has 0 rings (SSSR count). The van der Waals surface area contributed by atoms with Crippen molar-refractivity contribution in [3.63, 3.8) is 0 Å². The van der Waals surface area contributed by atoms with E-state index in [0.29, 0.717) is 5.92 Å². The molecule has 19 heavy (non-hydrogen) atoms. The van der Waals surface area contributed by atoms with Gasteiger partial charge in [0, 0.05) is 13.1 Å². The molecule has 0 aromatic heterocycles. The van der Waals surface area contributed by atoms with Gasteiger partial charge in [-0.25, -0.2) is 12.7 Å². The lowest BCUT2D eigenvalue weighted by Gasteiger charge is -2.25. The third-order valence-corrected chi connectivity index (χ3v) is 5.35. The van der Waals surface area contributed by atoms with E-state index in [1.165, 1.54) is 0 Å². The summed E-state index contributed by atoms with van der Waals surface area (Å²) in [6.45, 7) is 10.3. The van der Waals surface area contributed by atoms with Crippen LogP contribution in [0.2, 0.25) is 0 Å². The molecule has 0 aliphatic heterocycles. The quantitative estimate of drug-likeness (QED) is 0.595. The van der Waals surface area contributed by atoms with Crippen LogP contribution in [0.25, 0.3) is 0 Å². The van der Waals surface area contributed by atoms with Gasteiger partial charge in [-0.2, -0.15) is 0 Å². The molecule has 0 amide bonds. The van der Waals surface area contributed by atoms with E-state index in [4.69, 9.17) is 0 Å². The fourth-order valence-corrected chi connectivity index (χ4v) is 3.58. The number of hydrogen-bond donors (Lipinski definition) is 1. The van der Waals surface area contributed by atoms with Crippen molar-refractivity contribution >= 4 is 10.0 Å². The largest absolute Gasteiger partial charge is 0.317 e. The highest BCUT2D eigenvalue weighted by Gasteiger charge is 2.23. The second-order valence-electron chi connectivity index (χ2n) is 5.77. The highest BCUT2D eigenvalue weighted by molar-refractivity contribution is 7.89. The Kier molecular flexibility index (Phi) is 9.66. The second-order valence-corrected chi connectivity index (χ2v) is 7.92. The first-order valence-electron chi connectivity index (χ1n) is 7.47. The monoisotopic (exact) mass is 292 g/mol. The third-order valence-electron chi connectivity index (χ3n) is 3.30. The molecule has 0 aliphatic rings. The molecule has 4 nitrogen and oxygen atoms in total. The van der Waals surface area contributed by atoms with Crippen LogP contribution < -0.4 is 5.32 Å². The van der Waals surface area contributed by atoms with E-state index in [-0.39, 0.29) is 11.8 Å². The molecule has 0 aliphatic carbocycles. The Morgan fingerprint density at radius 1 is 1.11 bits per heavy atom. The number of nitrogens with zero attached hydrogens (tertiary/aromatic N) is 1. The van der Waals surface area contributed by atoms with E-state index in [1.54, 1.807) is 11.4 Å². The van der Waals surface area contributed by atoms with Crippen molar-refractivity contribution in [2.75, 3.05) is 25.9 Å². The fraction of sp³-hybridized carbons (Fsp3) is 1.00. The van der Waals surface area contributed by atoms with Gasteiger partial charge < -0.3 is 5.32 Å². The van der Waals surface area contributed by atoms with Crippen molar-refractivity contribution < 1.29 is 8.42 Å². The number of rotatable bonds is 11. The maximum Gasteiger partial charge on any atom is 0.214 e. The molecule has 0 bridgehead atoms. The van der Waals surface area contributed by atoms with Crippen molar-refractivity contribution in [1.29, 1.82) is 0 Å². The number of hydrogen-bond acceptors (Lipinski definition) is 3. The summed E-state index contributed by atoms with van der Waals surface area (Å²) in [6.07, 6.45) is 3.69. The first-order chi connectivity index (χ1) is 8.81. The van der Waals surface area contributed by atoms with Crippen LogP contribution in [0.1, 0.15) is 53.4 Å². The van der Waals surface area contributed by atoms with E-state index in [0.717, 1.165) is 38.8 Å². The minimum Gasteiger partial charge on any atom is -0.317 e. The first kappa shape index (κ1) is 18.9. The standard InChI is InChI=1S/C14H32N2O2S/c1-6-9-15-10-7-8-11-19(17,18)16(5)14(4)12-13(2)3/h13-15H,6-12H2,1-5H3. The summed E-state index contributed by atoms with van der Waals surface area (Å²) >= 11 is 0. The summed E-state index contributed by atoms with van der Waals surface area (Å²) in [6, 6.07) is 0.0863. The Bertz CT molecular complexity index is 315. The van der Waals surface area contributed by atoms with E-state index >= 15 is 0 Å². The molecule has 0 aromatic rings. The minimum absolute atomic E-state index is 0.0863. The van der Waals surface area contributed by atoms with E-state index in [9.17, 15) is 8.42 Å². The number of sulfonamides is 1. The predicted octanol–water partition coefficient (Wildman–Crippen LogP) is 2.46. The van der Waals surface area contributed by atoms with E-state index in [1.807, 2.05) is 6.92 Å². The number of unbranched alkanes of at least 4 members (excludes halogenated alkanes) is 1. The summed E-state index contributed by atoms with van der Waals surface area (Å²) in [7, 11) is -1.39. The van der Waals surface area contributed by atoms with Crippen LogP contribution in [0.15, 0.2) is 0 Å². The molecule has 0 radical (unpaired) electrons. The van der Waals surface area contributed by atoms with E-state index < -0.39 is 10.0 Å². The predicted molar refractivity (Wildman–Crippen MR) is 82.9 cm³/mol. The molecular weight excluding hydrogens is 260 g/mol. The van der Waals surface area contributed by atoms with Crippen LogP contribution in [0.4, 0.5) is 0 Å². The molecule has 5 heteroatoms. The molecule has 1 unspecified atom stereocenters. The summed E-state index contributed by atoms with van der Waals surface area (Å²) in [5.41, 5.74) is 0. The van der Waals surface area contributed by atoms with Gasteiger partial charge in [0.1, 0.15) is 0 Å². The van der Waals surface area contributed by atoms with Crippen LogP contribution in [0.3, 0.4) is 0 Å². The average molecular weight is 292 g/mol. The molecule has 1 N–H and O–H groups in total. The molecule has 0 heterocycles. The highest BCUT2D eigenvalue weighted by atomic mass is 32.2. The number of nitrogens with one attached hydrogen (secondary N) is 1. The van der Waals surface area contributed by atoms with Gasteiger partial charge in [0.15, 0.2) is 0 Å². The zero-order chi connectivity index (χ0) is 14.9. The first-order valence-corrected chi connectivity index (χ1v) is 9.08. The molecule has 0 aromatic carbocycles. The van der Waals surface area contributed by atoms with Crippen molar-refractivity contribution in [2.45, 2.75) is 59.4 Å². The summed E-state index contributed by atoms with van der Waals surface area (Å²) in [4.78, 5) is 0. The molecule has 1 atom stereocenters. The molecule has 0 saturated carbocycles. The maximum atomic E-state index is 12.1. The van der Waals surface area contributed by atoms with Crippen LogP contribution in [-0.2, 0) is 10.0 Å². The minimum atomic E-state index is -3.09. The van der Waals surface area contributed by atoms with Gasteiger partial charge in [-0.15, -0.1) is 0 Å². The van der Waals surface area contributed by atoms with Crippen molar-refractivity contribution in [3.8, 4) is 0 Å². The van der Waals surface area contributed by atoms with Crippen LogP contribution in [-0.4, -0.2) is 44.7 Å². The fourth-order valence-electron chi connectivity index (χ4n) is 2.09. The van der Waals surface area contributed by atoms with Gasteiger partial charge in [0.2, 0.25) is 10.0 Å². The molecule has 116 valence electrons. The lowest BCUT2D eigenvalue weighted by molar-refractivity contribution is 0.337. The van der Waals surface area contributed by atoms with Gasteiger partial charge in [-0.05, 0) is 51.6 Å². The Morgan fingerprint density at radius 2 is 1.74 bits per heavy atom. The lowest BCUT2D eigenvalue weighted by Crippen LogP contribution is -2.37. The van der Waals surface area contributed by atoms with Gasteiger partial charge in [0.25, 0.3) is 0 Å². The van der Waals surface area contributed by atoms with Crippen LogP contribution in [0.5, 0.6) is 0 Å². The highest BCUT2D eigenvalue weighted by Crippen LogP contribution is 2.14. The van der Waals surface area contributed by atoms with Gasteiger partial charge >= 0.3 is 0 Å². The summed E-state index contributed by atoms with van der Waals surface area (Å²) in [5.74, 6) is 0.783. The average Bonchev–Trinajstić information content (AvgIpc) is 2.31. The van der Waals surface area contributed by atoms with Gasteiger partial charge in [-0.3, -0.25) is 0 Å². The summed E-state index contributed by atoms with van der Waals surface area (Å²) < 4.78 is 25.8. The van der Waals surface area contributed by atoms with Crippen molar-refractivity contribution in [3.05, 3.63) is 0 Å². The Morgan fingerprint density at radius 3 is 2.26 bits per heavy atom. The molecule has 0 saturated heterocycles.